The minimum Gasteiger partial charge on any atom is -0.493 e. The SMILES string of the molecule is COc1ccc([C@@H]2CC(c3cccs3)=NN2c2nc(-c3cccc(N4C(=O)c5ccccc5C4=O)c3)cs2)cc1OC. The highest BCUT2D eigenvalue weighted by atomic mass is 32.1. The molecule has 0 saturated carbocycles. The number of anilines is 2. The van der Waals surface area contributed by atoms with Gasteiger partial charge in [-0.3, -0.25) is 9.59 Å². The van der Waals surface area contributed by atoms with Gasteiger partial charge in [-0.25, -0.2) is 14.9 Å². The topological polar surface area (TPSA) is 84.3 Å². The van der Waals surface area contributed by atoms with Crippen molar-refractivity contribution in [2.24, 2.45) is 5.10 Å². The van der Waals surface area contributed by atoms with Crippen LogP contribution in [0.25, 0.3) is 11.3 Å². The summed E-state index contributed by atoms with van der Waals surface area (Å²) in [5, 5.41) is 11.8. The highest BCUT2D eigenvalue weighted by molar-refractivity contribution is 7.14. The Kier molecular flexibility index (Phi) is 6.56. The molecule has 208 valence electrons. The molecule has 2 aromatic heterocycles. The molecule has 10 heteroatoms. The third-order valence-corrected chi connectivity index (χ3v) is 9.14. The van der Waals surface area contributed by atoms with E-state index >= 15 is 0 Å². The minimum atomic E-state index is -0.322. The van der Waals surface area contributed by atoms with Crippen LogP contribution < -0.4 is 19.4 Å². The quantitative estimate of drug-likeness (QED) is 0.189. The Hall–Kier alpha value is -4.80. The second kappa shape index (κ2) is 10.6. The molecule has 0 bridgehead atoms. The van der Waals surface area contributed by atoms with Gasteiger partial charge in [0.1, 0.15) is 0 Å². The maximum Gasteiger partial charge on any atom is 0.266 e. The average molecular weight is 593 g/mol. The van der Waals surface area contributed by atoms with Gasteiger partial charge in [-0.15, -0.1) is 22.7 Å². The highest BCUT2D eigenvalue weighted by Crippen LogP contribution is 2.42. The largest absolute Gasteiger partial charge is 0.493 e. The number of hydrogen-bond acceptors (Lipinski definition) is 9. The lowest BCUT2D eigenvalue weighted by molar-refractivity contribution is 0.0926. The molecule has 0 spiro atoms. The molecule has 2 aliphatic rings. The third-order valence-electron chi connectivity index (χ3n) is 7.39. The molecule has 0 fully saturated rings. The molecule has 4 heterocycles. The van der Waals surface area contributed by atoms with Crippen molar-refractivity contribution >= 4 is 51.0 Å². The zero-order valence-electron chi connectivity index (χ0n) is 22.7. The van der Waals surface area contributed by atoms with Crippen LogP contribution in [-0.2, 0) is 0 Å². The first kappa shape index (κ1) is 26.1. The van der Waals surface area contributed by atoms with Gasteiger partial charge in [0, 0.05) is 17.4 Å². The van der Waals surface area contributed by atoms with Crippen molar-refractivity contribution in [2.45, 2.75) is 12.5 Å². The number of amides is 2. The molecular formula is C32H24N4O4S2. The van der Waals surface area contributed by atoms with E-state index in [2.05, 4.69) is 11.4 Å². The first-order valence-electron chi connectivity index (χ1n) is 13.2. The monoisotopic (exact) mass is 592 g/mol. The second-order valence-electron chi connectivity index (χ2n) is 9.76. The molecule has 2 aliphatic heterocycles. The molecule has 1 atom stereocenters. The number of carbonyl (C=O) groups is 2. The summed E-state index contributed by atoms with van der Waals surface area (Å²) >= 11 is 3.15. The number of benzene rings is 3. The molecule has 8 nitrogen and oxygen atoms in total. The maximum absolute atomic E-state index is 13.1. The summed E-state index contributed by atoms with van der Waals surface area (Å²) in [7, 11) is 3.25. The molecular weight excluding hydrogens is 569 g/mol. The van der Waals surface area contributed by atoms with Crippen molar-refractivity contribution in [2.75, 3.05) is 24.1 Å². The Morgan fingerprint density at radius 3 is 2.33 bits per heavy atom. The molecule has 7 rings (SSSR count). The molecule has 0 radical (unpaired) electrons. The van der Waals surface area contributed by atoms with Crippen LogP contribution in [0.5, 0.6) is 11.5 Å². The van der Waals surface area contributed by atoms with E-state index in [0.717, 1.165) is 32.5 Å². The molecule has 2 amide bonds. The van der Waals surface area contributed by atoms with Crippen LogP contribution in [0.1, 0.15) is 43.6 Å². The molecule has 0 saturated heterocycles. The van der Waals surface area contributed by atoms with Gasteiger partial charge in [0.15, 0.2) is 11.5 Å². The second-order valence-corrected chi connectivity index (χ2v) is 11.5. The lowest BCUT2D eigenvalue weighted by Crippen LogP contribution is -2.29. The van der Waals surface area contributed by atoms with Crippen molar-refractivity contribution in [3.8, 4) is 22.8 Å². The molecule has 0 N–H and O–H groups in total. The van der Waals surface area contributed by atoms with Crippen LogP contribution in [-0.4, -0.2) is 36.7 Å². The smallest absolute Gasteiger partial charge is 0.266 e. The number of ether oxygens (including phenoxy) is 2. The summed E-state index contributed by atoms with van der Waals surface area (Å²) in [6.07, 6.45) is 0.708. The number of thiazole rings is 1. The van der Waals surface area contributed by atoms with Crippen LogP contribution in [0, 0.1) is 0 Å². The predicted molar refractivity (Wildman–Crippen MR) is 165 cm³/mol. The van der Waals surface area contributed by atoms with Crippen LogP contribution >= 0.6 is 22.7 Å². The average Bonchev–Trinajstić information content (AvgIpc) is 3.84. The molecule has 0 aliphatic carbocycles. The Morgan fingerprint density at radius 1 is 0.833 bits per heavy atom. The summed E-state index contributed by atoms with van der Waals surface area (Å²) < 4.78 is 11.0. The van der Waals surface area contributed by atoms with Crippen molar-refractivity contribution in [3.63, 3.8) is 0 Å². The summed E-state index contributed by atoms with van der Waals surface area (Å²) in [6.45, 7) is 0. The van der Waals surface area contributed by atoms with Crippen molar-refractivity contribution < 1.29 is 19.1 Å². The fourth-order valence-corrected chi connectivity index (χ4v) is 6.88. The third kappa shape index (κ3) is 4.36. The highest BCUT2D eigenvalue weighted by Gasteiger charge is 2.37. The van der Waals surface area contributed by atoms with E-state index in [1.165, 1.54) is 16.2 Å². The molecule has 0 unspecified atom stereocenters. The van der Waals surface area contributed by atoms with E-state index in [1.807, 2.05) is 52.9 Å². The van der Waals surface area contributed by atoms with Gasteiger partial charge in [0.25, 0.3) is 11.8 Å². The minimum absolute atomic E-state index is 0.0920. The standard InChI is InChI=1S/C32H24N4O4S2/c1-39-27-13-12-20(16-28(27)40-2)26-17-24(29-11-6-14-41-29)34-36(26)32-33-25(18-42-32)19-7-5-8-21(15-19)35-30(37)22-9-3-4-10-23(22)31(35)38/h3-16,18,26H,17H2,1-2H3/t26-/m0/s1. The van der Waals surface area contributed by atoms with E-state index < -0.39 is 0 Å². The maximum atomic E-state index is 13.1. The Balaban J connectivity index is 1.23. The van der Waals surface area contributed by atoms with E-state index in [9.17, 15) is 9.59 Å². The first-order valence-corrected chi connectivity index (χ1v) is 15.0. The summed E-state index contributed by atoms with van der Waals surface area (Å²) in [6, 6.07) is 24.2. The summed E-state index contributed by atoms with van der Waals surface area (Å²) in [5.41, 5.74) is 4.91. The predicted octanol–water partition coefficient (Wildman–Crippen LogP) is 7.05. The van der Waals surface area contributed by atoms with Gasteiger partial charge in [0.2, 0.25) is 5.13 Å². The lowest BCUT2D eigenvalue weighted by Gasteiger charge is -2.22. The van der Waals surface area contributed by atoms with E-state index in [-0.39, 0.29) is 17.9 Å². The number of hydrogen-bond donors (Lipinski definition) is 0. The van der Waals surface area contributed by atoms with Gasteiger partial charge in [-0.05, 0) is 53.4 Å². The molecule has 42 heavy (non-hydrogen) atoms. The Labute approximate surface area is 250 Å². The normalized spacial score (nSPS) is 16.1. The van der Waals surface area contributed by atoms with Crippen molar-refractivity contribution in [1.29, 1.82) is 0 Å². The lowest BCUT2D eigenvalue weighted by atomic mass is 10.0. The van der Waals surface area contributed by atoms with Crippen molar-refractivity contribution in [3.05, 3.63) is 111 Å². The van der Waals surface area contributed by atoms with Crippen LogP contribution in [0.4, 0.5) is 10.8 Å². The fraction of sp³-hybridized carbons (Fsp3) is 0.125. The van der Waals surface area contributed by atoms with E-state index in [0.29, 0.717) is 34.7 Å². The van der Waals surface area contributed by atoms with Crippen molar-refractivity contribution in [1.82, 2.24) is 4.98 Å². The van der Waals surface area contributed by atoms with Gasteiger partial charge < -0.3 is 9.47 Å². The Morgan fingerprint density at radius 2 is 1.62 bits per heavy atom. The van der Waals surface area contributed by atoms with Crippen LogP contribution in [0.3, 0.4) is 0 Å². The number of carbonyl (C=O) groups excluding carboxylic acids is 2. The number of thiophene rings is 1. The fourth-order valence-electron chi connectivity index (χ4n) is 5.33. The number of hydrazone groups is 1. The molecule has 5 aromatic rings. The number of nitrogens with zero attached hydrogens (tertiary/aromatic N) is 4. The first-order chi connectivity index (χ1) is 20.6. The van der Waals surface area contributed by atoms with Crippen LogP contribution in [0.15, 0.2) is 94.7 Å². The Bertz CT molecular complexity index is 1830. The van der Waals surface area contributed by atoms with Gasteiger partial charge >= 0.3 is 0 Å². The number of methoxy groups -OCH3 is 2. The van der Waals surface area contributed by atoms with Gasteiger partial charge in [0.05, 0.1) is 53.4 Å². The number of aromatic nitrogens is 1. The van der Waals surface area contributed by atoms with E-state index in [4.69, 9.17) is 19.6 Å². The van der Waals surface area contributed by atoms with Gasteiger partial charge in [-0.2, -0.15) is 5.10 Å². The number of imide groups is 1. The number of fused-ring (bicyclic) bond motifs is 1. The molecule has 3 aromatic carbocycles. The van der Waals surface area contributed by atoms with Gasteiger partial charge in [-0.1, -0.05) is 36.4 Å². The van der Waals surface area contributed by atoms with Crippen LogP contribution in [0.2, 0.25) is 0 Å². The summed E-state index contributed by atoms with van der Waals surface area (Å²) in [5.74, 6) is 0.679. The summed E-state index contributed by atoms with van der Waals surface area (Å²) in [4.78, 5) is 33.5. The number of rotatable bonds is 7. The zero-order valence-corrected chi connectivity index (χ0v) is 24.3. The van der Waals surface area contributed by atoms with E-state index in [1.54, 1.807) is 55.9 Å². The zero-order chi connectivity index (χ0) is 28.8.